The second-order valence-corrected chi connectivity index (χ2v) is 5.90. The molecule has 0 fully saturated rings. The fourth-order valence-electron chi connectivity index (χ4n) is 2.23. The molecule has 0 spiro atoms. The maximum atomic E-state index is 11.3. The first-order chi connectivity index (χ1) is 10.9. The van der Waals surface area contributed by atoms with E-state index in [0.717, 1.165) is 18.4 Å². The van der Waals surface area contributed by atoms with Crippen LogP contribution >= 0.6 is 0 Å². The lowest BCUT2D eigenvalue weighted by Crippen LogP contribution is -2.01. The van der Waals surface area contributed by atoms with Gasteiger partial charge in [0.05, 0.1) is 11.7 Å². The lowest BCUT2D eigenvalue weighted by Gasteiger charge is -2.11. The number of rotatable bonds is 8. The zero-order chi connectivity index (χ0) is 17.4. The van der Waals surface area contributed by atoms with E-state index in [9.17, 15) is 20.1 Å². The summed E-state index contributed by atoms with van der Waals surface area (Å²) in [6.45, 7) is 5.91. The second-order valence-electron chi connectivity index (χ2n) is 5.90. The largest absolute Gasteiger partial charge is 0.507 e. The normalized spacial score (nSPS) is 12.3. The van der Waals surface area contributed by atoms with Gasteiger partial charge in [0.25, 0.3) is 0 Å². The zero-order valence-corrected chi connectivity index (χ0v) is 14.0. The number of aliphatic hydroxyl groups is 1. The number of carbonyl (C=O) groups excluding carboxylic acids is 1. The molecule has 1 atom stereocenters. The number of aldehydes is 1. The molecule has 0 unspecified atom stereocenters. The summed E-state index contributed by atoms with van der Waals surface area (Å²) in [5, 5.41) is 30.2. The molecule has 4 nitrogen and oxygen atoms in total. The standard InChI is InChI=1S/C19H26O4/c1-4-5-6-15(21)9-10-16-17(12-20)19(23)14(11-18(16)22)8-7-13(2)3/h7,9-12,15,21-23H,4-6,8H2,1-3H3/b10-9+/t15-/m0/s1. The molecule has 0 aliphatic rings. The molecule has 126 valence electrons. The summed E-state index contributed by atoms with van der Waals surface area (Å²) in [4.78, 5) is 11.3. The minimum absolute atomic E-state index is 0.0427. The highest BCUT2D eigenvalue weighted by molar-refractivity contribution is 5.88. The number of benzene rings is 1. The molecule has 1 rings (SSSR count). The van der Waals surface area contributed by atoms with E-state index < -0.39 is 6.10 Å². The average Bonchev–Trinajstić information content (AvgIpc) is 2.51. The van der Waals surface area contributed by atoms with Crippen LogP contribution in [0, 0.1) is 0 Å². The summed E-state index contributed by atoms with van der Waals surface area (Å²) in [6.07, 6.45) is 7.76. The Balaban J connectivity index is 3.14. The van der Waals surface area contributed by atoms with Crippen molar-refractivity contribution >= 4 is 12.4 Å². The molecule has 0 aliphatic carbocycles. The predicted molar refractivity (Wildman–Crippen MR) is 92.9 cm³/mol. The first kappa shape index (κ1) is 19.0. The molecule has 0 bridgehead atoms. The van der Waals surface area contributed by atoms with E-state index in [-0.39, 0.29) is 22.6 Å². The Kier molecular flexibility index (Phi) is 7.55. The van der Waals surface area contributed by atoms with Gasteiger partial charge in [-0.2, -0.15) is 0 Å². The summed E-state index contributed by atoms with van der Waals surface area (Å²) < 4.78 is 0. The van der Waals surface area contributed by atoms with Gasteiger partial charge in [0.15, 0.2) is 6.29 Å². The summed E-state index contributed by atoms with van der Waals surface area (Å²) >= 11 is 0. The Morgan fingerprint density at radius 3 is 2.52 bits per heavy atom. The van der Waals surface area contributed by atoms with Crippen molar-refractivity contribution in [3.05, 3.63) is 40.5 Å². The van der Waals surface area contributed by atoms with E-state index >= 15 is 0 Å². The van der Waals surface area contributed by atoms with Crippen molar-refractivity contribution in [3.63, 3.8) is 0 Å². The van der Waals surface area contributed by atoms with Crippen LogP contribution in [0.15, 0.2) is 23.8 Å². The third-order valence-corrected chi connectivity index (χ3v) is 3.62. The Morgan fingerprint density at radius 1 is 1.26 bits per heavy atom. The fraction of sp³-hybridized carbons (Fsp3) is 0.421. The molecule has 0 saturated heterocycles. The minimum Gasteiger partial charge on any atom is -0.507 e. The minimum atomic E-state index is -0.638. The van der Waals surface area contributed by atoms with Crippen molar-refractivity contribution in [2.24, 2.45) is 0 Å². The number of allylic oxidation sites excluding steroid dienone is 2. The quantitative estimate of drug-likeness (QED) is 0.385. The fourth-order valence-corrected chi connectivity index (χ4v) is 2.23. The van der Waals surface area contributed by atoms with Gasteiger partial charge in [0.2, 0.25) is 0 Å². The smallest absolute Gasteiger partial charge is 0.154 e. The van der Waals surface area contributed by atoms with Gasteiger partial charge in [-0.15, -0.1) is 0 Å². The van der Waals surface area contributed by atoms with Gasteiger partial charge in [-0.3, -0.25) is 4.79 Å². The monoisotopic (exact) mass is 318 g/mol. The van der Waals surface area contributed by atoms with Gasteiger partial charge < -0.3 is 15.3 Å². The highest BCUT2D eigenvalue weighted by Crippen LogP contribution is 2.33. The van der Waals surface area contributed by atoms with Crippen LogP contribution in [-0.4, -0.2) is 27.7 Å². The van der Waals surface area contributed by atoms with Crippen molar-refractivity contribution in [2.75, 3.05) is 0 Å². The number of aliphatic hydroxyl groups excluding tert-OH is 1. The lowest BCUT2D eigenvalue weighted by molar-refractivity contribution is 0.112. The van der Waals surface area contributed by atoms with E-state index in [0.29, 0.717) is 24.7 Å². The van der Waals surface area contributed by atoms with E-state index in [4.69, 9.17) is 0 Å². The molecule has 1 aromatic rings. The van der Waals surface area contributed by atoms with Gasteiger partial charge in [-0.1, -0.05) is 43.6 Å². The van der Waals surface area contributed by atoms with E-state index in [1.165, 1.54) is 18.2 Å². The number of hydrogen-bond donors (Lipinski definition) is 3. The van der Waals surface area contributed by atoms with Crippen LogP contribution < -0.4 is 0 Å². The zero-order valence-electron chi connectivity index (χ0n) is 14.0. The van der Waals surface area contributed by atoms with Crippen LogP contribution in [0.5, 0.6) is 11.5 Å². The van der Waals surface area contributed by atoms with Gasteiger partial charge in [0.1, 0.15) is 11.5 Å². The molecule has 0 radical (unpaired) electrons. The Hall–Kier alpha value is -2.07. The molecule has 3 N–H and O–H groups in total. The molecule has 23 heavy (non-hydrogen) atoms. The number of aromatic hydroxyl groups is 2. The highest BCUT2D eigenvalue weighted by atomic mass is 16.3. The molecule has 0 amide bonds. The maximum absolute atomic E-state index is 11.3. The lowest BCUT2D eigenvalue weighted by atomic mass is 9.98. The molecular weight excluding hydrogens is 292 g/mol. The average molecular weight is 318 g/mol. The molecule has 0 saturated carbocycles. The van der Waals surface area contributed by atoms with Crippen LogP contribution in [0.1, 0.15) is 61.5 Å². The van der Waals surface area contributed by atoms with Crippen LogP contribution in [0.2, 0.25) is 0 Å². The predicted octanol–water partition coefficient (Wildman–Crippen LogP) is 3.98. The molecule has 1 aromatic carbocycles. The number of phenolic OH excluding ortho intramolecular Hbond substituents is 2. The maximum Gasteiger partial charge on any atom is 0.154 e. The van der Waals surface area contributed by atoms with Crippen LogP contribution in [0.3, 0.4) is 0 Å². The SMILES string of the molecule is CCCC[C@H](O)/C=C/c1c(O)cc(CC=C(C)C)c(O)c1C=O. The number of carbonyl (C=O) groups is 1. The van der Waals surface area contributed by atoms with Crippen molar-refractivity contribution in [1.82, 2.24) is 0 Å². The Morgan fingerprint density at radius 2 is 1.96 bits per heavy atom. The summed E-state index contributed by atoms with van der Waals surface area (Å²) in [7, 11) is 0. The number of phenols is 2. The van der Waals surface area contributed by atoms with Crippen molar-refractivity contribution < 1.29 is 20.1 Å². The first-order valence-electron chi connectivity index (χ1n) is 7.93. The van der Waals surface area contributed by atoms with Crippen molar-refractivity contribution in [3.8, 4) is 11.5 Å². The summed E-state index contributed by atoms with van der Waals surface area (Å²) in [6, 6.07) is 1.46. The van der Waals surface area contributed by atoms with Crippen molar-refractivity contribution in [1.29, 1.82) is 0 Å². The van der Waals surface area contributed by atoms with Gasteiger partial charge >= 0.3 is 0 Å². The van der Waals surface area contributed by atoms with E-state index in [1.54, 1.807) is 0 Å². The van der Waals surface area contributed by atoms with Crippen LogP contribution in [-0.2, 0) is 6.42 Å². The highest BCUT2D eigenvalue weighted by Gasteiger charge is 2.15. The summed E-state index contributed by atoms with van der Waals surface area (Å²) in [5.41, 5.74) is 1.85. The van der Waals surface area contributed by atoms with E-state index in [1.807, 2.05) is 26.8 Å². The molecule has 0 aliphatic heterocycles. The summed E-state index contributed by atoms with van der Waals surface area (Å²) in [5.74, 6) is -0.209. The van der Waals surface area contributed by atoms with Crippen molar-refractivity contribution in [2.45, 2.75) is 52.6 Å². The van der Waals surface area contributed by atoms with Gasteiger partial charge in [-0.05, 0) is 32.8 Å². The Labute approximate surface area is 137 Å². The first-order valence-corrected chi connectivity index (χ1v) is 7.93. The molecule has 4 heteroatoms. The third-order valence-electron chi connectivity index (χ3n) is 3.62. The van der Waals surface area contributed by atoms with Gasteiger partial charge in [-0.25, -0.2) is 0 Å². The third kappa shape index (κ3) is 5.57. The van der Waals surface area contributed by atoms with Crippen LogP contribution in [0.25, 0.3) is 6.08 Å². The van der Waals surface area contributed by atoms with E-state index in [2.05, 4.69) is 0 Å². The molecule has 0 aromatic heterocycles. The molecule has 0 heterocycles. The number of unbranched alkanes of at least 4 members (excludes halogenated alkanes) is 1. The molecular formula is C19H26O4. The number of hydrogen-bond acceptors (Lipinski definition) is 4. The second kappa shape index (κ2) is 9.16. The Bertz CT molecular complexity index is 596. The van der Waals surface area contributed by atoms with Crippen LogP contribution in [0.4, 0.5) is 0 Å². The van der Waals surface area contributed by atoms with Gasteiger partial charge in [0, 0.05) is 11.1 Å². The topological polar surface area (TPSA) is 77.8 Å².